The number of aryl methyl sites for hydroxylation is 1. The minimum Gasteiger partial charge on any atom is -0.359 e. The monoisotopic (exact) mass is 245 g/mol. The van der Waals surface area contributed by atoms with Crippen molar-refractivity contribution >= 4 is 10.9 Å². The molecule has 2 heterocycles. The molecule has 2 unspecified atom stereocenters. The molecule has 1 spiro atoms. The number of fused-ring (bicyclic) bond motifs is 2. The number of ether oxygens (including phenoxy) is 1. The highest BCUT2D eigenvalue weighted by molar-refractivity contribution is 7.98. The molecule has 1 aromatic rings. The number of epoxide rings is 1. The average molecular weight is 245 g/mol. The lowest BCUT2D eigenvalue weighted by Gasteiger charge is -2.29. The molecule has 0 saturated carbocycles. The second kappa shape index (κ2) is 3.63. The third-order valence-corrected chi connectivity index (χ3v) is 6.98. The van der Waals surface area contributed by atoms with Gasteiger partial charge in [-0.3, -0.25) is 0 Å². The van der Waals surface area contributed by atoms with Crippen LogP contribution in [0.3, 0.4) is 0 Å². The molecule has 1 saturated heterocycles. The zero-order chi connectivity index (χ0) is 11.3. The Balaban J connectivity index is 1.73. The van der Waals surface area contributed by atoms with E-state index in [4.69, 9.17) is 4.74 Å². The average Bonchev–Trinajstić information content (AvgIpc) is 2.96. The Bertz CT molecular complexity index is 468. The van der Waals surface area contributed by atoms with Crippen LogP contribution >= 0.6 is 0 Å². The SMILES string of the molecule is C1=CC[S+](C2CCc3ccccc3C23CO3)C1. The molecule has 17 heavy (non-hydrogen) atoms. The van der Waals surface area contributed by atoms with Crippen LogP contribution in [0.25, 0.3) is 0 Å². The van der Waals surface area contributed by atoms with Crippen LogP contribution in [0.1, 0.15) is 17.5 Å². The van der Waals surface area contributed by atoms with Gasteiger partial charge in [0.25, 0.3) is 0 Å². The van der Waals surface area contributed by atoms with Crippen molar-refractivity contribution in [2.24, 2.45) is 0 Å². The molecule has 0 amide bonds. The molecule has 1 aromatic carbocycles. The molecule has 1 nitrogen and oxygen atoms in total. The minimum absolute atomic E-state index is 0.115. The summed E-state index contributed by atoms with van der Waals surface area (Å²) in [6.07, 6.45) is 7.29. The maximum Gasteiger partial charge on any atom is 0.164 e. The summed E-state index contributed by atoms with van der Waals surface area (Å²) in [5, 5.41) is 0.771. The molecule has 0 radical (unpaired) electrons. The lowest BCUT2D eigenvalue weighted by Crippen LogP contribution is -2.40. The predicted octanol–water partition coefficient (Wildman–Crippen LogP) is 2.42. The van der Waals surface area contributed by atoms with Gasteiger partial charge < -0.3 is 4.74 Å². The summed E-state index contributed by atoms with van der Waals surface area (Å²) >= 11 is 0. The van der Waals surface area contributed by atoms with Gasteiger partial charge in [0.15, 0.2) is 10.9 Å². The van der Waals surface area contributed by atoms with E-state index in [2.05, 4.69) is 36.4 Å². The van der Waals surface area contributed by atoms with Crippen LogP contribution in [0.15, 0.2) is 36.4 Å². The number of hydrogen-bond donors (Lipinski definition) is 0. The van der Waals surface area contributed by atoms with E-state index in [0.717, 1.165) is 11.9 Å². The largest absolute Gasteiger partial charge is 0.359 e. The highest BCUT2D eigenvalue weighted by Gasteiger charge is 2.62. The Morgan fingerprint density at radius 2 is 1.94 bits per heavy atom. The predicted molar refractivity (Wildman–Crippen MR) is 72.4 cm³/mol. The van der Waals surface area contributed by atoms with Crippen LogP contribution in [0.5, 0.6) is 0 Å². The van der Waals surface area contributed by atoms with Gasteiger partial charge in [-0.2, -0.15) is 0 Å². The molecule has 4 rings (SSSR count). The first-order chi connectivity index (χ1) is 8.40. The number of benzene rings is 1. The minimum atomic E-state index is 0.115. The van der Waals surface area contributed by atoms with Gasteiger partial charge in [0.2, 0.25) is 0 Å². The van der Waals surface area contributed by atoms with E-state index in [1.807, 2.05) is 0 Å². The molecule has 1 aliphatic carbocycles. The first kappa shape index (κ1) is 10.2. The fraction of sp³-hybridized carbons (Fsp3) is 0.467. The lowest BCUT2D eigenvalue weighted by molar-refractivity contribution is 0.283. The summed E-state index contributed by atoms with van der Waals surface area (Å²) in [6, 6.07) is 8.90. The first-order valence-corrected chi connectivity index (χ1v) is 8.06. The van der Waals surface area contributed by atoms with Crippen molar-refractivity contribution in [3.63, 3.8) is 0 Å². The molecule has 3 aliphatic rings. The van der Waals surface area contributed by atoms with Crippen molar-refractivity contribution in [2.45, 2.75) is 23.7 Å². The van der Waals surface area contributed by atoms with E-state index in [1.165, 1.54) is 35.5 Å². The maximum atomic E-state index is 5.97. The number of hydrogen-bond acceptors (Lipinski definition) is 1. The smallest absolute Gasteiger partial charge is 0.164 e. The van der Waals surface area contributed by atoms with E-state index in [1.54, 1.807) is 0 Å². The van der Waals surface area contributed by atoms with Gasteiger partial charge in [0.05, 0.1) is 6.61 Å². The van der Waals surface area contributed by atoms with Gasteiger partial charge in [-0.15, -0.1) is 0 Å². The topological polar surface area (TPSA) is 12.5 Å². The fourth-order valence-electron chi connectivity index (χ4n) is 3.38. The Labute approximate surface area is 105 Å². The summed E-state index contributed by atoms with van der Waals surface area (Å²) < 4.78 is 5.97. The number of rotatable bonds is 1. The molecule has 2 atom stereocenters. The first-order valence-electron chi connectivity index (χ1n) is 6.44. The van der Waals surface area contributed by atoms with Gasteiger partial charge in [0.1, 0.15) is 11.5 Å². The van der Waals surface area contributed by atoms with Crippen molar-refractivity contribution in [3.05, 3.63) is 47.5 Å². The Kier molecular flexibility index (Phi) is 2.18. The zero-order valence-corrected chi connectivity index (χ0v) is 10.7. The summed E-state index contributed by atoms with van der Waals surface area (Å²) in [6.45, 7) is 0.957. The standard InChI is InChI=1S/C15H17OS/c1-2-6-13-12(5-1)7-8-14(15(13)11-16-15)17-9-3-4-10-17/h1-6,14H,7-11H2/q+1. The van der Waals surface area contributed by atoms with E-state index < -0.39 is 0 Å². The van der Waals surface area contributed by atoms with Crippen LogP contribution in [0, 0.1) is 0 Å². The Hall–Kier alpha value is -0.730. The highest BCUT2D eigenvalue weighted by atomic mass is 32.2. The summed E-state index contributed by atoms with van der Waals surface area (Å²) in [4.78, 5) is 0. The van der Waals surface area contributed by atoms with Crippen LogP contribution < -0.4 is 0 Å². The van der Waals surface area contributed by atoms with Gasteiger partial charge in [0, 0.05) is 17.3 Å². The third kappa shape index (κ3) is 1.44. The van der Waals surface area contributed by atoms with Crippen molar-refractivity contribution < 1.29 is 4.74 Å². The normalized spacial score (nSPS) is 35.2. The van der Waals surface area contributed by atoms with E-state index >= 15 is 0 Å². The second-order valence-corrected chi connectivity index (χ2v) is 7.52. The van der Waals surface area contributed by atoms with Gasteiger partial charge in [-0.1, -0.05) is 24.3 Å². The van der Waals surface area contributed by atoms with Gasteiger partial charge >= 0.3 is 0 Å². The maximum absolute atomic E-state index is 5.97. The van der Waals surface area contributed by atoms with Crippen molar-refractivity contribution in [1.82, 2.24) is 0 Å². The molecular weight excluding hydrogens is 228 g/mol. The second-order valence-electron chi connectivity index (χ2n) is 5.20. The highest BCUT2D eigenvalue weighted by Crippen LogP contribution is 2.51. The summed E-state index contributed by atoms with van der Waals surface area (Å²) in [5.41, 5.74) is 3.14. The Morgan fingerprint density at radius 1 is 1.18 bits per heavy atom. The lowest BCUT2D eigenvalue weighted by atomic mass is 9.82. The molecule has 0 bridgehead atoms. The molecule has 2 aliphatic heterocycles. The summed E-state index contributed by atoms with van der Waals surface area (Å²) in [5.74, 6) is 2.58. The molecule has 0 N–H and O–H groups in total. The van der Waals surface area contributed by atoms with E-state index in [9.17, 15) is 0 Å². The van der Waals surface area contributed by atoms with Crippen molar-refractivity contribution in [3.8, 4) is 0 Å². The quantitative estimate of drug-likeness (QED) is 0.420. The van der Waals surface area contributed by atoms with Crippen molar-refractivity contribution in [1.29, 1.82) is 0 Å². The van der Waals surface area contributed by atoms with Crippen LogP contribution in [-0.2, 0) is 27.7 Å². The third-order valence-electron chi connectivity index (χ3n) is 4.31. The Morgan fingerprint density at radius 3 is 2.71 bits per heavy atom. The fourth-order valence-corrected chi connectivity index (χ4v) is 6.00. The van der Waals surface area contributed by atoms with Crippen molar-refractivity contribution in [2.75, 3.05) is 18.1 Å². The van der Waals surface area contributed by atoms with E-state index in [-0.39, 0.29) is 5.60 Å². The van der Waals surface area contributed by atoms with Gasteiger partial charge in [-0.25, -0.2) is 0 Å². The van der Waals surface area contributed by atoms with Gasteiger partial charge in [-0.05, 0) is 29.7 Å². The molecular formula is C15H17OS+. The molecule has 0 aromatic heterocycles. The molecule has 1 fully saturated rings. The molecule has 2 heteroatoms. The van der Waals surface area contributed by atoms with Crippen LogP contribution in [-0.4, -0.2) is 23.4 Å². The van der Waals surface area contributed by atoms with E-state index in [0.29, 0.717) is 10.9 Å². The summed E-state index contributed by atoms with van der Waals surface area (Å²) in [7, 11) is 0.536. The van der Waals surface area contributed by atoms with Crippen LogP contribution in [0.4, 0.5) is 0 Å². The van der Waals surface area contributed by atoms with Crippen LogP contribution in [0.2, 0.25) is 0 Å². The molecule has 88 valence electrons. The zero-order valence-electron chi connectivity index (χ0n) is 9.89.